The molecule has 1 heterocycles. The van der Waals surface area contributed by atoms with Crippen LogP contribution in [0.1, 0.15) is 36.4 Å². The lowest BCUT2D eigenvalue weighted by molar-refractivity contribution is -0.116. The van der Waals surface area contributed by atoms with Crippen molar-refractivity contribution in [3.05, 3.63) is 58.6 Å². The standard InChI is InChI=1S/C21H25ClN2O2/c1-15-5-7-16(8-6-15)19-4-3-12-24(19)13-11-21(25)23-18-14-17(22)9-10-20(18)26-2/h5-10,14,19H,3-4,11-13H2,1-2H3,(H,23,25). The number of nitrogens with one attached hydrogen (secondary N) is 1. The number of anilines is 1. The van der Waals surface area contributed by atoms with Crippen LogP contribution in [0, 0.1) is 6.92 Å². The van der Waals surface area contributed by atoms with Gasteiger partial charge in [0.05, 0.1) is 12.8 Å². The molecule has 1 N–H and O–H groups in total. The van der Waals surface area contributed by atoms with E-state index in [1.54, 1.807) is 25.3 Å². The van der Waals surface area contributed by atoms with Crippen LogP contribution in [0.15, 0.2) is 42.5 Å². The van der Waals surface area contributed by atoms with Gasteiger partial charge >= 0.3 is 0 Å². The number of hydrogen-bond acceptors (Lipinski definition) is 3. The van der Waals surface area contributed by atoms with Crippen LogP contribution in [0.5, 0.6) is 5.75 Å². The van der Waals surface area contributed by atoms with E-state index in [9.17, 15) is 4.79 Å². The molecule has 1 amide bonds. The second-order valence-corrected chi connectivity index (χ2v) is 7.18. The van der Waals surface area contributed by atoms with E-state index < -0.39 is 0 Å². The van der Waals surface area contributed by atoms with Crippen molar-refractivity contribution in [3.8, 4) is 5.75 Å². The molecule has 2 aromatic carbocycles. The fourth-order valence-electron chi connectivity index (χ4n) is 3.50. The van der Waals surface area contributed by atoms with Crippen molar-refractivity contribution in [1.82, 2.24) is 4.90 Å². The smallest absolute Gasteiger partial charge is 0.225 e. The number of likely N-dealkylation sites (tertiary alicyclic amines) is 1. The minimum atomic E-state index is -0.0277. The highest BCUT2D eigenvalue weighted by Crippen LogP contribution is 2.32. The largest absolute Gasteiger partial charge is 0.495 e. The average Bonchev–Trinajstić information content (AvgIpc) is 3.09. The van der Waals surface area contributed by atoms with Gasteiger partial charge in [0.25, 0.3) is 0 Å². The predicted octanol–water partition coefficient (Wildman–Crippen LogP) is 4.82. The molecule has 26 heavy (non-hydrogen) atoms. The Morgan fingerprint density at radius 2 is 2.04 bits per heavy atom. The van der Waals surface area contributed by atoms with E-state index in [2.05, 4.69) is 41.4 Å². The molecule has 1 atom stereocenters. The summed E-state index contributed by atoms with van der Waals surface area (Å²) in [6.45, 7) is 3.88. The maximum atomic E-state index is 12.4. The molecule has 0 saturated carbocycles. The number of rotatable bonds is 6. The number of nitrogens with zero attached hydrogens (tertiary/aromatic N) is 1. The number of carbonyl (C=O) groups excluding carboxylic acids is 1. The van der Waals surface area contributed by atoms with Crippen molar-refractivity contribution in [2.45, 2.75) is 32.2 Å². The van der Waals surface area contributed by atoms with Crippen LogP contribution < -0.4 is 10.1 Å². The minimum Gasteiger partial charge on any atom is -0.495 e. The van der Waals surface area contributed by atoms with E-state index >= 15 is 0 Å². The minimum absolute atomic E-state index is 0.0277. The molecule has 1 fully saturated rings. The van der Waals surface area contributed by atoms with E-state index in [0.29, 0.717) is 28.9 Å². The van der Waals surface area contributed by atoms with Gasteiger partial charge in [0.2, 0.25) is 5.91 Å². The van der Waals surface area contributed by atoms with E-state index in [4.69, 9.17) is 16.3 Å². The van der Waals surface area contributed by atoms with Gasteiger partial charge in [0.1, 0.15) is 5.75 Å². The average molecular weight is 373 g/mol. The van der Waals surface area contributed by atoms with Gasteiger partial charge < -0.3 is 10.1 Å². The Bertz CT molecular complexity index is 761. The zero-order chi connectivity index (χ0) is 18.5. The number of hydrogen-bond donors (Lipinski definition) is 1. The molecule has 1 aliphatic heterocycles. The molecular formula is C21H25ClN2O2. The SMILES string of the molecule is COc1ccc(Cl)cc1NC(=O)CCN1CCCC1c1ccc(C)cc1. The second-order valence-electron chi connectivity index (χ2n) is 6.75. The first kappa shape index (κ1) is 18.7. The quantitative estimate of drug-likeness (QED) is 0.790. The number of methoxy groups -OCH3 is 1. The number of amides is 1. The molecule has 1 saturated heterocycles. The van der Waals surface area contributed by atoms with Gasteiger partial charge in [-0.3, -0.25) is 9.69 Å². The number of aryl methyl sites for hydroxylation is 1. The van der Waals surface area contributed by atoms with Crippen LogP contribution >= 0.6 is 11.6 Å². The molecule has 0 aliphatic carbocycles. The van der Waals surface area contributed by atoms with Crippen molar-refractivity contribution in [3.63, 3.8) is 0 Å². The van der Waals surface area contributed by atoms with Gasteiger partial charge in [-0.1, -0.05) is 41.4 Å². The van der Waals surface area contributed by atoms with Crippen LogP contribution in [-0.2, 0) is 4.79 Å². The number of ether oxygens (including phenoxy) is 1. The molecule has 0 aromatic heterocycles. The number of carbonyl (C=O) groups is 1. The Hall–Kier alpha value is -2.04. The summed E-state index contributed by atoms with van der Waals surface area (Å²) in [6.07, 6.45) is 2.76. The summed E-state index contributed by atoms with van der Waals surface area (Å²) in [4.78, 5) is 14.8. The van der Waals surface area contributed by atoms with Gasteiger partial charge in [-0.05, 0) is 50.1 Å². The lowest BCUT2D eigenvalue weighted by Gasteiger charge is -2.24. The monoisotopic (exact) mass is 372 g/mol. The normalized spacial score (nSPS) is 17.3. The number of halogens is 1. The van der Waals surface area contributed by atoms with Gasteiger partial charge in [0, 0.05) is 24.0 Å². The highest BCUT2D eigenvalue weighted by Gasteiger charge is 2.26. The van der Waals surface area contributed by atoms with Crippen molar-refractivity contribution in [1.29, 1.82) is 0 Å². The lowest BCUT2D eigenvalue weighted by Crippen LogP contribution is -2.27. The zero-order valence-electron chi connectivity index (χ0n) is 15.3. The molecule has 138 valence electrons. The Balaban J connectivity index is 1.58. The fourth-order valence-corrected chi connectivity index (χ4v) is 3.67. The highest BCUT2D eigenvalue weighted by atomic mass is 35.5. The molecule has 0 radical (unpaired) electrons. The van der Waals surface area contributed by atoms with Gasteiger partial charge in [0.15, 0.2) is 0 Å². The third-order valence-corrected chi connectivity index (χ3v) is 5.12. The molecule has 2 aromatic rings. The van der Waals surface area contributed by atoms with Gasteiger partial charge in [-0.2, -0.15) is 0 Å². The number of benzene rings is 2. The first-order valence-electron chi connectivity index (χ1n) is 9.01. The Labute approximate surface area is 160 Å². The summed E-state index contributed by atoms with van der Waals surface area (Å²) < 4.78 is 5.28. The Kier molecular flexibility index (Phi) is 6.17. The lowest BCUT2D eigenvalue weighted by atomic mass is 10.0. The van der Waals surface area contributed by atoms with E-state index in [-0.39, 0.29) is 5.91 Å². The van der Waals surface area contributed by atoms with Crippen LogP contribution in [0.25, 0.3) is 0 Å². The molecule has 5 heteroatoms. The maximum Gasteiger partial charge on any atom is 0.225 e. The van der Waals surface area contributed by atoms with Crippen molar-refractivity contribution >= 4 is 23.2 Å². The summed E-state index contributed by atoms with van der Waals surface area (Å²) in [6, 6.07) is 14.3. The maximum absolute atomic E-state index is 12.4. The van der Waals surface area contributed by atoms with Crippen LogP contribution in [-0.4, -0.2) is 31.0 Å². The molecular weight excluding hydrogens is 348 g/mol. The summed E-state index contributed by atoms with van der Waals surface area (Å²) in [5, 5.41) is 3.48. The second kappa shape index (κ2) is 8.56. The molecule has 3 rings (SSSR count). The third kappa shape index (κ3) is 4.57. The highest BCUT2D eigenvalue weighted by molar-refractivity contribution is 6.31. The summed E-state index contributed by atoms with van der Waals surface area (Å²) in [7, 11) is 1.58. The van der Waals surface area contributed by atoms with E-state index in [1.165, 1.54) is 17.5 Å². The van der Waals surface area contributed by atoms with Gasteiger partial charge in [-0.25, -0.2) is 0 Å². The fraction of sp³-hybridized carbons (Fsp3) is 0.381. The first-order chi connectivity index (χ1) is 12.6. The van der Waals surface area contributed by atoms with Crippen molar-refractivity contribution in [2.75, 3.05) is 25.5 Å². The molecule has 1 aliphatic rings. The molecule has 4 nitrogen and oxygen atoms in total. The predicted molar refractivity (Wildman–Crippen MR) is 106 cm³/mol. The molecule has 0 bridgehead atoms. The zero-order valence-corrected chi connectivity index (χ0v) is 16.1. The summed E-state index contributed by atoms with van der Waals surface area (Å²) in [5.74, 6) is 0.585. The summed E-state index contributed by atoms with van der Waals surface area (Å²) >= 11 is 6.02. The van der Waals surface area contributed by atoms with Crippen molar-refractivity contribution in [2.24, 2.45) is 0 Å². The topological polar surface area (TPSA) is 41.6 Å². The molecule has 1 unspecified atom stereocenters. The van der Waals surface area contributed by atoms with Gasteiger partial charge in [-0.15, -0.1) is 0 Å². The first-order valence-corrected chi connectivity index (χ1v) is 9.38. The Morgan fingerprint density at radius 1 is 1.27 bits per heavy atom. The van der Waals surface area contributed by atoms with Crippen molar-refractivity contribution < 1.29 is 9.53 Å². The van der Waals surface area contributed by atoms with Crippen LogP contribution in [0.3, 0.4) is 0 Å². The van der Waals surface area contributed by atoms with Crippen LogP contribution in [0.4, 0.5) is 5.69 Å². The van der Waals surface area contributed by atoms with E-state index in [1.807, 2.05) is 0 Å². The van der Waals surface area contributed by atoms with E-state index in [0.717, 1.165) is 19.5 Å². The van der Waals surface area contributed by atoms with Crippen LogP contribution in [0.2, 0.25) is 5.02 Å². The summed E-state index contributed by atoms with van der Waals surface area (Å²) in [5.41, 5.74) is 3.22. The molecule has 0 spiro atoms. The Morgan fingerprint density at radius 3 is 2.77 bits per heavy atom. The third-order valence-electron chi connectivity index (χ3n) is 4.89.